The van der Waals surface area contributed by atoms with Gasteiger partial charge in [-0.05, 0) is 48.9 Å². The van der Waals surface area contributed by atoms with Crippen molar-refractivity contribution >= 4 is 27.3 Å². The van der Waals surface area contributed by atoms with E-state index in [-0.39, 0.29) is 16.6 Å². The number of ether oxygens (including phenoxy) is 2. The number of methoxy groups -OCH3 is 2. The number of anilines is 1. The molecule has 0 saturated heterocycles. The summed E-state index contributed by atoms with van der Waals surface area (Å²) in [5.41, 5.74) is 2.03. The fraction of sp³-hybridized carbons (Fsp3) is 0.136. The van der Waals surface area contributed by atoms with E-state index < -0.39 is 10.0 Å². The van der Waals surface area contributed by atoms with E-state index in [0.29, 0.717) is 28.3 Å². The molecule has 3 rings (SSSR count). The number of aromatic nitrogens is 1. The summed E-state index contributed by atoms with van der Waals surface area (Å²) in [4.78, 5) is 18.3. The normalized spacial score (nSPS) is 11.5. The van der Waals surface area contributed by atoms with E-state index >= 15 is 0 Å². The van der Waals surface area contributed by atoms with Gasteiger partial charge in [0.15, 0.2) is 0 Å². The lowest BCUT2D eigenvalue weighted by atomic mass is 10.1. The summed E-state index contributed by atoms with van der Waals surface area (Å²) in [6.07, 6.45) is 3.07. The first-order valence-electron chi connectivity index (χ1n) is 9.44. The molecular formula is C22H22N4O5S. The molecule has 0 bridgehead atoms. The maximum absolute atomic E-state index is 12.8. The van der Waals surface area contributed by atoms with Crippen LogP contribution in [0.1, 0.15) is 22.8 Å². The molecule has 0 radical (unpaired) electrons. The average Bonchev–Trinajstić information content (AvgIpc) is 2.82. The van der Waals surface area contributed by atoms with E-state index in [1.165, 1.54) is 38.7 Å². The van der Waals surface area contributed by atoms with Crippen molar-refractivity contribution in [1.82, 2.24) is 9.82 Å². The molecule has 0 fully saturated rings. The quantitative estimate of drug-likeness (QED) is 0.399. The molecule has 0 aliphatic rings. The Hall–Kier alpha value is -3.92. The molecule has 0 aliphatic carbocycles. The third-order valence-electron chi connectivity index (χ3n) is 4.47. The Bertz CT molecular complexity index is 1240. The Morgan fingerprint density at radius 1 is 0.969 bits per heavy atom. The fourth-order valence-corrected chi connectivity index (χ4v) is 3.81. The molecular weight excluding hydrogens is 432 g/mol. The summed E-state index contributed by atoms with van der Waals surface area (Å²) in [7, 11) is -1.21. The standard InChI is InChI=1S/C22H22N4O5S/c1-15(25-26-32(28,29)21-14-19(30-2)7-8-20(21)31-3)17-5-4-6-18(13-17)24-22(27)16-9-11-23-12-10-16/h4-14,26H,1-3H3,(H,24,27)/b25-15-. The van der Waals surface area contributed by atoms with Crippen LogP contribution < -0.4 is 19.6 Å². The summed E-state index contributed by atoms with van der Waals surface area (Å²) in [6.45, 7) is 1.65. The Morgan fingerprint density at radius 2 is 1.72 bits per heavy atom. The van der Waals surface area contributed by atoms with Gasteiger partial charge in [-0.3, -0.25) is 9.78 Å². The van der Waals surface area contributed by atoms with Crippen molar-refractivity contribution in [2.24, 2.45) is 5.10 Å². The van der Waals surface area contributed by atoms with Crippen LogP contribution in [0.2, 0.25) is 0 Å². The lowest BCUT2D eigenvalue weighted by Crippen LogP contribution is -2.21. The first kappa shape index (κ1) is 22.8. The Kier molecular flexibility index (Phi) is 7.06. The molecule has 0 spiro atoms. The fourth-order valence-electron chi connectivity index (χ4n) is 2.76. The highest BCUT2D eigenvalue weighted by Gasteiger charge is 2.20. The van der Waals surface area contributed by atoms with Crippen molar-refractivity contribution in [2.75, 3.05) is 19.5 Å². The van der Waals surface area contributed by atoms with E-state index in [1.807, 2.05) is 0 Å². The maximum Gasteiger partial charge on any atom is 0.280 e. The molecule has 166 valence electrons. The molecule has 0 unspecified atom stereocenters. The number of carbonyl (C=O) groups excluding carboxylic acids is 1. The van der Waals surface area contributed by atoms with Gasteiger partial charge < -0.3 is 14.8 Å². The van der Waals surface area contributed by atoms with Gasteiger partial charge in [-0.25, -0.2) is 0 Å². The van der Waals surface area contributed by atoms with Crippen molar-refractivity contribution in [2.45, 2.75) is 11.8 Å². The third-order valence-corrected chi connectivity index (χ3v) is 5.70. The van der Waals surface area contributed by atoms with Crippen LogP contribution in [0.5, 0.6) is 11.5 Å². The Labute approximate surface area is 186 Å². The number of nitrogens with zero attached hydrogens (tertiary/aromatic N) is 2. The molecule has 1 heterocycles. The van der Waals surface area contributed by atoms with Crippen LogP contribution in [0.25, 0.3) is 0 Å². The Morgan fingerprint density at radius 3 is 2.41 bits per heavy atom. The van der Waals surface area contributed by atoms with Crippen LogP contribution in [0.4, 0.5) is 5.69 Å². The highest BCUT2D eigenvalue weighted by atomic mass is 32.2. The van der Waals surface area contributed by atoms with Gasteiger partial charge in [0.2, 0.25) is 0 Å². The SMILES string of the molecule is COc1ccc(OC)c(S(=O)(=O)N/N=C(/C)c2cccc(NC(=O)c3ccncc3)c2)c1. The molecule has 2 N–H and O–H groups in total. The minimum absolute atomic E-state index is 0.103. The molecule has 3 aromatic rings. The number of amides is 1. The highest BCUT2D eigenvalue weighted by Crippen LogP contribution is 2.28. The van der Waals surface area contributed by atoms with Crippen molar-refractivity contribution in [3.63, 3.8) is 0 Å². The number of nitrogens with one attached hydrogen (secondary N) is 2. The van der Waals surface area contributed by atoms with Gasteiger partial charge in [-0.1, -0.05) is 12.1 Å². The van der Waals surface area contributed by atoms with Gasteiger partial charge in [-0.15, -0.1) is 0 Å². The minimum atomic E-state index is -4.02. The predicted octanol–water partition coefficient (Wildman–Crippen LogP) is 3.05. The average molecular weight is 455 g/mol. The number of sulfonamides is 1. The largest absolute Gasteiger partial charge is 0.497 e. The third kappa shape index (κ3) is 5.41. The Balaban J connectivity index is 1.79. The van der Waals surface area contributed by atoms with Gasteiger partial charge in [0.1, 0.15) is 16.4 Å². The van der Waals surface area contributed by atoms with Gasteiger partial charge >= 0.3 is 0 Å². The van der Waals surface area contributed by atoms with Crippen LogP contribution in [-0.2, 0) is 10.0 Å². The number of carbonyl (C=O) groups is 1. The number of pyridine rings is 1. The van der Waals surface area contributed by atoms with E-state index in [0.717, 1.165) is 0 Å². The second-order valence-corrected chi connectivity index (χ2v) is 8.21. The summed E-state index contributed by atoms with van der Waals surface area (Å²) >= 11 is 0. The van der Waals surface area contributed by atoms with Crippen molar-refractivity contribution in [3.8, 4) is 11.5 Å². The first-order chi connectivity index (χ1) is 15.3. The molecule has 9 nitrogen and oxygen atoms in total. The van der Waals surface area contributed by atoms with Crippen molar-refractivity contribution in [3.05, 3.63) is 78.1 Å². The van der Waals surface area contributed by atoms with Crippen LogP contribution in [0.3, 0.4) is 0 Å². The molecule has 10 heteroatoms. The smallest absolute Gasteiger partial charge is 0.280 e. The zero-order chi connectivity index (χ0) is 23.1. The van der Waals surface area contributed by atoms with E-state index in [1.54, 1.807) is 49.4 Å². The van der Waals surface area contributed by atoms with Gasteiger partial charge in [0.25, 0.3) is 15.9 Å². The highest BCUT2D eigenvalue weighted by molar-refractivity contribution is 7.89. The van der Waals surface area contributed by atoms with Gasteiger partial charge in [0.05, 0.1) is 19.9 Å². The summed E-state index contributed by atoms with van der Waals surface area (Å²) in [6, 6.07) is 14.6. The van der Waals surface area contributed by atoms with E-state index in [2.05, 4.69) is 20.2 Å². The zero-order valence-electron chi connectivity index (χ0n) is 17.7. The van der Waals surface area contributed by atoms with E-state index in [4.69, 9.17) is 9.47 Å². The lowest BCUT2D eigenvalue weighted by molar-refractivity contribution is 0.102. The van der Waals surface area contributed by atoms with Crippen LogP contribution >= 0.6 is 0 Å². The molecule has 1 aromatic heterocycles. The summed E-state index contributed by atoms with van der Waals surface area (Å²) in [5.74, 6) is 0.237. The van der Waals surface area contributed by atoms with Gasteiger partial charge in [-0.2, -0.15) is 18.4 Å². The minimum Gasteiger partial charge on any atom is -0.497 e. The topological polar surface area (TPSA) is 119 Å². The first-order valence-corrected chi connectivity index (χ1v) is 10.9. The number of rotatable bonds is 8. The van der Waals surface area contributed by atoms with Crippen LogP contribution in [0.15, 0.2) is 77.0 Å². The number of hydrogen-bond acceptors (Lipinski definition) is 7. The maximum atomic E-state index is 12.8. The monoisotopic (exact) mass is 454 g/mol. The number of benzene rings is 2. The number of hydrazone groups is 1. The molecule has 32 heavy (non-hydrogen) atoms. The van der Waals surface area contributed by atoms with Crippen molar-refractivity contribution < 1.29 is 22.7 Å². The molecule has 2 aromatic carbocycles. The molecule has 0 saturated carbocycles. The second-order valence-electron chi connectivity index (χ2n) is 6.58. The zero-order valence-corrected chi connectivity index (χ0v) is 18.5. The predicted molar refractivity (Wildman–Crippen MR) is 121 cm³/mol. The molecule has 0 aliphatic heterocycles. The second kappa shape index (κ2) is 9.92. The molecule has 1 amide bonds. The molecule has 0 atom stereocenters. The van der Waals surface area contributed by atoms with E-state index in [9.17, 15) is 13.2 Å². The lowest BCUT2D eigenvalue weighted by Gasteiger charge is -2.11. The van der Waals surface area contributed by atoms with Crippen LogP contribution in [-0.4, -0.2) is 39.2 Å². The summed E-state index contributed by atoms with van der Waals surface area (Å²) < 4.78 is 35.8. The summed E-state index contributed by atoms with van der Waals surface area (Å²) in [5, 5.41) is 6.80. The van der Waals surface area contributed by atoms with Crippen LogP contribution in [0, 0.1) is 0 Å². The van der Waals surface area contributed by atoms with Crippen molar-refractivity contribution in [1.29, 1.82) is 0 Å². The number of hydrogen-bond donors (Lipinski definition) is 2. The van der Waals surface area contributed by atoms with Gasteiger partial charge in [0, 0.05) is 29.7 Å².